The molecule has 37 heavy (non-hydrogen) atoms. The van der Waals surface area contributed by atoms with Crippen molar-refractivity contribution < 1.29 is 38.9 Å². The van der Waals surface area contributed by atoms with Crippen LogP contribution in [0.25, 0.3) is 0 Å². The minimum Gasteiger partial charge on any atom is -0.480 e. The highest BCUT2D eigenvalue weighted by atomic mass is 16.6. The molecule has 1 saturated heterocycles. The second-order valence-corrected chi connectivity index (χ2v) is 10.7. The topological polar surface area (TPSA) is 142 Å². The quantitative estimate of drug-likeness (QED) is 0.336. The number of nitrogens with zero attached hydrogens (tertiary/aromatic N) is 1. The van der Waals surface area contributed by atoms with Crippen LogP contribution in [0.15, 0.2) is 24.0 Å². The predicted octanol–water partition coefficient (Wildman–Crippen LogP) is 0.555. The molecule has 2 heterocycles. The Morgan fingerprint density at radius 1 is 1.35 bits per heavy atom. The van der Waals surface area contributed by atoms with Crippen LogP contribution in [-0.2, 0) is 31.0 Å². The van der Waals surface area contributed by atoms with Gasteiger partial charge in [0.2, 0.25) is 5.91 Å². The highest BCUT2D eigenvalue weighted by Crippen LogP contribution is 2.64. The molecule has 1 spiro atoms. The number of likely N-dealkylation sites (tertiary alicyclic amines) is 1. The smallest absolute Gasteiger partial charge is 0.311 e. The van der Waals surface area contributed by atoms with Crippen LogP contribution in [0, 0.1) is 0 Å². The van der Waals surface area contributed by atoms with Gasteiger partial charge in [-0.3, -0.25) is 19.2 Å². The first-order chi connectivity index (χ1) is 17.5. The maximum absolute atomic E-state index is 12.9. The molecule has 4 aliphatic rings. The number of aliphatic hydroxyl groups excluding tert-OH is 1. The van der Waals surface area contributed by atoms with Gasteiger partial charge in [-0.05, 0) is 64.4 Å². The van der Waals surface area contributed by atoms with Crippen molar-refractivity contribution in [3.8, 4) is 5.75 Å². The van der Waals surface area contributed by atoms with Gasteiger partial charge in [-0.15, -0.1) is 0 Å². The number of benzene rings is 1. The molecule has 0 unspecified atom stereocenters. The third-order valence-electron chi connectivity index (χ3n) is 8.59. The van der Waals surface area contributed by atoms with Crippen molar-refractivity contribution >= 4 is 23.9 Å². The van der Waals surface area contributed by atoms with Crippen molar-refractivity contribution in [2.75, 3.05) is 13.6 Å². The van der Waals surface area contributed by atoms with Gasteiger partial charge >= 0.3 is 5.97 Å². The van der Waals surface area contributed by atoms with Crippen LogP contribution in [0.3, 0.4) is 0 Å². The summed E-state index contributed by atoms with van der Waals surface area (Å²) in [6.07, 6.45) is 1.67. The van der Waals surface area contributed by atoms with E-state index in [0.29, 0.717) is 30.7 Å². The van der Waals surface area contributed by atoms with Crippen molar-refractivity contribution in [1.82, 2.24) is 10.2 Å². The van der Waals surface area contributed by atoms with Gasteiger partial charge in [0.25, 0.3) is 0 Å². The predicted molar refractivity (Wildman–Crippen MR) is 130 cm³/mol. The minimum atomic E-state index is -1.28. The highest BCUT2D eigenvalue weighted by Gasteiger charge is 2.71. The third-order valence-corrected chi connectivity index (χ3v) is 8.59. The summed E-state index contributed by atoms with van der Waals surface area (Å²) in [5.74, 6) is -0.923. The summed E-state index contributed by atoms with van der Waals surface area (Å²) in [6.45, 7) is 3.30. The Morgan fingerprint density at radius 3 is 2.78 bits per heavy atom. The molecule has 1 amide bonds. The number of Topliss-reactive ketones (excluding diaryl/α,β-unsaturated/α-hetero) is 1. The van der Waals surface area contributed by atoms with Crippen LogP contribution in [-0.4, -0.2) is 82.5 Å². The van der Waals surface area contributed by atoms with Crippen LogP contribution in [0.4, 0.5) is 0 Å². The SMILES string of the molecule is CC(=O)[C@H](CCC(=O)OC1=CC[C@@]2(O)[C@H]3Cc4ccc(C=O)c5c4[C@@]2(CCN3C)[C@H]1O5)NC(=O)[C@H](C)O. The van der Waals surface area contributed by atoms with Crippen molar-refractivity contribution in [1.29, 1.82) is 0 Å². The third kappa shape index (κ3) is 3.72. The molecule has 1 fully saturated rings. The second kappa shape index (κ2) is 9.04. The van der Waals surface area contributed by atoms with Gasteiger partial charge in [-0.2, -0.15) is 0 Å². The highest BCUT2D eigenvalue weighted by molar-refractivity contribution is 5.89. The summed E-state index contributed by atoms with van der Waals surface area (Å²) >= 11 is 0. The number of ketones is 1. The molecule has 1 aromatic carbocycles. The lowest BCUT2D eigenvalue weighted by molar-refractivity contribution is -0.169. The first kappa shape index (κ1) is 25.6. The summed E-state index contributed by atoms with van der Waals surface area (Å²) in [7, 11) is 1.99. The molecule has 198 valence electrons. The van der Waals surface area contributed by atoms with Crippen molar-refractivity contribution in [2.24, 2.45) is 0 Å². The summed E-state index contributed by atoms with van der Waals surface area (Å²) in [4.78, 5) is 50.7. The number of hydrogen-bond donors (Lipinski definition) is 3. The van der Waals surface area contributed by atoms with E-state index in [9.17, 15) is 29.4 Å². The summed E-state index contributed by atoms with van der Waals surface area (Å²) < 4.78 is 12.1. The molecule has 0 aromatic heterocycles. The van der Waals surface area contributed by atoms with Gasteiger partial charge in [0.05, 0.1) is 22.6 Å². The average molecular weight is 513 g/mol. The van der Waals surface area contributed by atoms with Crippen LogP contribution in [0.2, 0.25) is 0 Å². The van der Waals surface area contributed by atoms with E-state index in [1.54, 1.807) is 12.1 Å². The van der Waals surface area contributed by atoms with E-state index in [1.165, 1.54) is 13.8 Å². The maximum atomic E-state index is 12.9. The van der Waals surface area contributed by atoms with Crippen molar-refractivity contribution in [3.63, 3.8) is 0 Å². The van der Waals surface area contributed by atoms with Crippen LogP contribution in [0.1, 0.15) is 61.0 Å². The fourth-order valence-corrected chi connectivity index (χ4v) is 6.68. The Balaban J connectivity index is 1.41. The number of aldehydes is 1. The molecular weight excluding hydrogens is 480 g/mol. The van der Waals surface area contributed by atoms with E-state index in [0.717, 1.165) is 17.4 Å². The number of aliphatic hydroxyl groups is 2. The van der Waals surface area contributed by atoms with Crippen LogP contribution >= 0.6 is 0 Å². The molecule has 2 aliphatic carbocycles. The largest absolute Gasteiger partial charge is 0.480 e. The van der Waals surface area contributed by atoms with Crippen molar-refractivity contribution in [3.05, 3.63) is 40.7 Å². The Kier molecular flexibility index (Phi) is 6.24. The van der Waals surface area contributed by atoms with E-state index < -0.39 is 41.1 Å². The number of esters is 1. The molecule has 2 aliphatic heterocycles. The lowest BCUT2D eigenvalue weighted by Crippen LogP contribution is -2.74. The Bertz CT molecular complexity index is 1210. The molecule has 0 radical (unpaired) electrons. The molecule has 6 atom stereocenters. The van der Waals surface area contributed by atoms with E-state index in [-0.39, 0.29) is 36.8 Å². The second-order valence-electron chi connectivity index (χ2n) is 10.7. The number of rotatable bonds is 8. The summed E-state index contributed by atoms with van der Waals surface area (Å²) in [5.41, 5.74) is 0.240. The van der Waals surface area contributed by atoms with Crippen molar-refractivity contribution in [2.45, 2.75) is 81.3 Å². The number of ether oxygens (including phenoxy) is 2. The lowest BCUT2D eigenvalue weighted by Gasteiger charge is -2.61. The minimum absolute atomic E-state index is 0.00699. The average Bonchev–Trinajstić information content (AvgIpc) is 3.21. The lowest BCUT2D eigenvalue weighted by atomic mass is 9.50. The zero-order chi connectivity index (χ0) is 26.7. The van der Waals surface area contributed by atoms with Crippen LogP contribution < -0.4 is 10.1 Å². The monoisotopic (exact) mass is 512 g/mol. The normalized spacial score (nSPS) is 30.8. The summed E-state index contributed by atoms with van der Waals surface area (Å²) in [6, 6.07) is 2.56. The number of piperidine rings is 1. The number of carbonyl (C=O) groups is 4. The van der Waals surface area contributed by atoms with Gasteiger partial charge in [-0.25, -0.2) is 0 Å². The van der Waals surface area contributed by atoms with E-state index in [4.69, 9.17) is 9.47 Å². The molecule has 0 saturated carbocycles. The molecule has 10 heteroatoms. The van der Waals surface area contributed by atoms with Gasteiger partial charge < -0.3 is 29.9 Å². The van der Waals surface area contributed by atoms with E-state index >= 15 is 0 Å². The first-order valence-electron chi connectivity index (χ1n) is 12.6. The van der Waals surface area contributed by atoms with E-state index in [1.807, 2.05) is 13.1 Å². The molecule has 2 bridgehead atoms. The number of likely N-dealkylation sites (N-methyl/N-ethyl adjacent to an activating group) is 1. The van der Waals surface area contributed by atoms with Gasteiger partial charge in [0, 0.05) is 24.4 Å². The number of hydrogen-bond acceptors (Lipinski definition) is 9. The summed E-state index contributed by atoms with van der Waals surface area (Å²) in [5, 5.41) is 24.0. The number of amides is 1. The molecule has 1 aromatic rings. The van der Waals surface area contributed by atoms with Gasteiger partial charge in [-0.1, -0.05) is 6.07 Å². The fraction of sp³-hybridized carbons (Fsp3) is 0.556. The van der Waals surface area contributed by atoms with Crippen LogP contribution in [0.5, 0.6) is 5.75 Å². The maximum Gasteiger partial charge on any atom is 0.311 e. The fourth-order valence-electron chi connectivity index (χ4n) is 6.68. The van der Waals surface area contributed by atoms with Gasteiger partial charge in [0.15, 0.2) is 18.2 Å². The first-order valence-corrected chi connectivity index (χ1v) is 12.6. The van der Waals surface area contributed by atoms with E-state index in [2.05, 4.69) is 10.2 Å². The zero-order valence-electron chi connectivity index (χ0n) is 21.2. The molecule has 3 N–H and O–H groups in total. The molecule has 10 nitrogen and oxygen atoms in total. The Labute approximate surface area is 214 Å². The number of carbonyl (C=O) groups excluding carboxylic acids is 4. The standard InChI is InChI=1S/C27H32N2O8/c1-14(31)18(28-25(34)15(2)32)6-7-21(33)36-19-8-9-27(35)20-12-16-4-5-17(13-30)23-22(16)26(27,24(19)37-23)10-11-29(20)3/h4-5,8,13,15,18,20,24,32,35H,6-7,9-12H2,1-3H3,(H,28,34)/t15-,18-,20+,24-,26-,27+/m0/s1. The Hall–Kier alpha value is -3.08. The van der Waals surface area contributed by atoms with Gasteiger partial charge in [0.1, 0.15) is 17.6 Å². The zero-order valence-corrected chi connectivity index (χ0v) is 21.2. The number of nitrogens with one attached hydrogen (secondary N) is 1. The molecule has 5 rings (SSSR count). The Morgan fingerprint density at radius 2 is 2.11 bits per heavy atom. The molecular formula is C27H32N2O8.